The molecule has 0 saturated carbocycles. The summed E-state index contributed by atoms with van der Waals surface area (Å²) in [7, 11) is 0. The fraction of sp³-hybridized carbons (Fsp3) is 0.0400. The minimum atomic E-state index is -0.690. The Kier molecular flexibility index (Phi) is 5.69. The number of hydrogen-bond donors (Lipinski definition) is 2. The number of fused-ring (bicyclic) bond motifs is 1. The molecule has 0 spiro atoms. The average molecular weight is 495 g/mol. The number of halogens is 2. The van der Waals surface area contributed by atoms with Crippen molar-refractivity contribution in [2.24, 2.45) is 0 Å². The van der Waals surface area contributed by atoms with Gasteiger partial charge in [0.1, 0.15) is 17.1 Å². The second kappa shape index (κ2) is 8.81. The highest BCUT2D eigenvalue weighted by molar-refractivity contribution is 7.21. The van der Waals surface area contributed by atoms with Crippen molar-refractivity contribution in [2.75, 3.05) is 6.61 Å². The molecular formula is C25H16ClFN2O4S. The SMILES string of the molecule is O=C(COc1ccccc1)c1c(O)c(O)n(-c2nc3c(Cl)cccc3s2)c1-c1ccccc1F. The van der Waals surface area contributed by atoms with Gasteiger partial charge in [-0.2, -0.15) is 0 Å². The van der Waals surface area contributed by atoms with E-state index in [0.29, 0.717) is 16.3 Å². The molecule has 0 aliphatic heterocycles. The summed E-state index contributed by atoms with van der Waals surface area (Å²) in [6.07, 6.45) is 0. The van der Waals surface area contributed by atoms with Gasteiger partial charge in [0, 0.05) is 5.56 Å². The molecule has 2 heterocycles. The first-order valence-corrected chi connectivity index (χ1v) is 11.3. The summed E-state index contributed by atoms with van der Waals surface area (Å²) in [5, 5.41) is 22.3. The van der Waals surface area contributed by atoms with Gasteiger partial charge in [0.2, 0.25) is 11.7 Å². The third-order valence-corrected chi connectivity index (χ3v) is 6.50. The fourth-order valence-electron chi connectivity index (χ4n) is 3.64. The van der Waals surface area contributed by atoms with E-state index in [9.17, 15) is 19.4 Å². The first kappa shape index (κ1) is 21.9. The summed E-state index contributed by atoms with van der Waals surface area (Å²) in [6, 6.07) is 19.7. The molecule has 0 atom stereocenters. The van der Waals surface area contributed by atoms with Gasteiger partial charge in [-0.3, -0.25) is 9.36 Å². The zero-order valence-electron chi connectivity index (χ0n) is 17.4. The number of ketones is 1. The molecule has 0 amide bonds. The zero-order chi connectivity index (χ0) is 23.8. The Hall–Kier alpha value is -3.88. The molecule has 2 aromatic heterocycles. The maximum atomic E-state index is 14.9. The van der Waals surface area contributed by atoms with Gasteiger partial charge < -0.3 is 14.9 Å². The van der Waals surface area contributed by atoms with Crippen LogP contribution in [0.25, 0.3) is 26.6 Å². The molecule has 2 N–H and O–H groups in total. The van der Waals surface area contributed by atoms with Gasteiger partial charge in [0.25, 0.3) is 0 Å². The topological polar surface area (TPSA) is 84.6 Å². The molecule has 34 heavy (non-hydrogen) atoms. The largest absolute Gasteiger partial charge is 0.503 e. The van der Waals surface area contributed by atoms with Crippen molar-refractivity contribution < 1.29 is 24.1 Å². The summed E-state index contributed by atoms with van der Waals surface area (Å²) in [6.45, 7) is -0.436. The van der Waals surface area contributed by atoms with E-state index < -0.39 is 29.8 Å². The normalized spacial score (nSPS) is 11.1. The molecule has 0 radical (unpaired) electrons. The van der Waals surface area contributed by atoms with E-state index in [0.717, 1.165) is 9.27 Å². The molecule has 6 nitrogen and oxygen atoms in total. The summed E-state index contributed by atoms with van der Waals surface area (Å²) in [5.41, 5.74) is 0.178. The summed E-state index contributed by atoms with van der Waals surface area (Å²) in [4.78, 5) is 17.7. The Morgan fingerprint density at radius 2 is 1.76 bits per heavy atom. The van der Waals surface area contributed by atoms with Crippen molar-refractivity contribution in [3.05, 3.63) is 89.2 Å². The van der Waals surface area contributed by atoms with Crippen LogP contribution in [0, 0.1) is 5.82 Å². The Morgan fingerprint density at radius 1 is 1.03 bits per heavy atom. The van der Waals surface area contributed by atoms with Crippen molar-refractivity contribution in [1.82, 2.24) is 9.55 Å². The van der Waals surface area contributed by atoms with E-state index >= 15 is 0 Å². The Balaban J connectivity index is 1.69. The van der Waals surface area contributed by atoms with Crippen LogP contribution in [0.15, 0.2) is 72.8 Å². The van der Waals surface area contributed by atoms with Crippen LogP contribution in [0.1, 0.15) is 10.4 Å². The van der Waals surface area contributed by atoms with Crippen molar-refractivity contribution >= 4 is 38.9 Å². The van der Waals surface area contributed by atoms with Crippen molar-refractivity contribution in [3.8, 4) is 33.8 Å². The van der Waals surface area contributed by atoms with Crippen LogP contribution in [-0.2, 0) is 0 Å². The number of hydrogen-bond acceptors (Lipinski definition) is 6. The van der Waals surface area contributed by atoms with Crippen LogP contribution >= 0.6 is 22.9 Å². The van der Waals surface area contributed by atoms with Crippen molar-refractivity contribution in [3.63, 3.8) is 0 Å². The fourth-order valence-corrected chi connectivity index (χ4v) is 4.92. The summed E-state index contributed by atoms with van der Waals surface area (Å²) < 4.78 is 22.3. The predicted octanol–water partition coefficient (Wildman–Crippen LogP) is 6.22. The quantitative estimate of drug-likeness (QED) is 0.274. The molecular weight excluding hydrogens is 479 g/mol. The lowest BCUT2D eigenvalue weighted by molar-refractivity contribution is 0.0919. The standard InChI is InChI=1S/C25H16ClFN2O4S/c26-16-10-6-12-19-21(16)28-25(34-19)29-22(15-9-4-5-11-17(15)27)20(23(31)24(29)32)18(30)13-33-14-7-2-1-3-8-14/h1-12,31-32H,13H2. The number of aromatic hydroxyl groups is 2. The van der Waals surface area contributed by atoms with Crippen LogP contribution in [0.3, 0.4) is 0 Å². The number of carbonyl (C=O) groups is 1. The number of thiazole rings is 1. The molecule has 5 rings (SSSR count). The summed E-state index contributed by atoms with van der Waals surface area (Å²) in [5.74, 6) is -2.17. The number of carbonyl (C=O) groups excluding carboxylic acids is 1. The maximum absolute atomic E-state index is 14.9. The van der Waals surface area contributed by atoms with E-state index in [1.54, 1.807) is 54.6 Å². The first-order valence-electron chi connectivity index (χ1n) is 10.1. The van der Waals surface area contributed by atoms with Gasteiger partial charge in [-0.05, 0) is 36.4 Å². The van der Waals surface area contributed by atoms with E-state index in [2.05, 4.69) is 4.98 Å². The molecule has 0 aliphatic carbocycles. The molecule has 9 heteroatoms. The number of ether oxygens (including phenoxy) is 1. The maximum Gasteiger partial charge on any atom is 0.242 e. The van der Waals surface area contributed by atoms with Crippen LogP contribution in [-0.4, -0.2) is 32.2 Å². The van der Waals surface area contributed by atoms with Gasteiger partial charge in [-0.15, -0.1) is 0 Å². The van der Waals surface area contributed by atoms with Crippen LogP contribution in [0.2, 0.25) is 5.02 Å². The second-order valence-corrected chi connectivity index (χ2v) is 8.74. The highest BCUT2D eigenvalue weighted by atomic mass is 35.5. The number of Topliss-reactive ketones (excluding diaryl/α,β-unsaturated/α-hetero) is 1. The minimum absolute atomic E-state index is 0.00603. The summed E-state index contributed by atoms with van der Waals surface area (Å²) >= 11 is 7.43. The molecule has 0 saturated heterocycles. The van der Waals surface area contributed by atoms with Gasteiger partial charge in [0.05, 0.1) is 21.0 Å². The highest BCUT2D eigenvalue weighted by Gasteiger charge is 2.32. The van der Waals surface area contributed by atoms with Crippen LogP contribution < -0.4 is 4.74 Å². The van der Waals surface area contributed by atoms with Crippen molar-refractivity contribution in [2.45, 2.75) is 0 Å². The third kappa shape index (κ3) is 3.76. The predicted molar refractivity (Wildman–Crippen MR) is 129 cm³/mol. The third-order valence-electron chi connectivity index (χ3n) is 5.19. The number of nitrogens with zero attached hydrogens (tertiary/aromatic N) is 2. The Labute approximate surface area is 202 Å². The van der Waals surface area contributed by atoms with Gasteiger partial charge in [-0.25, -0.2) is 9.37 Å². The van der Waals surface area contributed by atoms with Gasteiger partial charge in [-0.1, -0.05) is 59.3 Å². The number of aromatic nitrogens is 2. The van der Waals surface area contributed by atoms with E-state index in [-0.39, 0.29) is 22.0 Å². The minimum Gasteiger partial charge on any atom is -0.503 e. The van der Waals surface area contributed by atoms with E-state index in [1.807, 2.05) is 0 Å². The molecule has 0 fully saturated rings. The number of benzene rings is 3. The lowest BCUT2D eigenvalue weighted by atomic mass is 10.0. The molecule has 3 aromatic carbocycles. The van der Waals surface area contributed by atoms with Crippen molar-refractivity contribution in [1.29, 1.82) is 0 Å². The average Bonchev–Trinajstić information content (AvgIpc) is 3.38. The smallest absolute Gasteiger partial charge is 0.242 e. The van der Waals surface area contributed by atoms with E-state index in [1.165, 1.54) is 29.5 Å². The van der Waals surface area contributed by atoms with Gasteiger partial charge in [0.15, 0.2) is 17.5 Å². The molecule has 170 valence electrons. The number of para-hydroxylation sites is 2. The lowest BCUT2D eigenvalue weighted by Crippen LogP contribution is -2.13. The monoisotopic (exact) mass is 494 g/mol. The Morgan fingerprint density at radius 3 is 2.50 bits per heavy atom. The molecule has 0 bridgehead atoms. The zero-order valence-corrected chi connectivity index (χ0v) is 19.0. The molecule has 0 unspecified atom stereocenters. The number of rotatable bonds is 6. The van der Waals surface area contributed by atoms with E-state index in [4.69, 9.17) is 16.3 Å². The van der Waals surface area contributed by atoms with Crippen LogP contribution in [0.5, 0.6) is 17.4 Å². The molecule has 5 aromatic rings. The highest BCUT2D eigenvalue weighted by Crippen LogP contribution is 2.45. The lowest BCUT2D eigenvalue weighted by Gasteiger charge is -2.10. The second-order valence-electron chi connectivity index (χ2n) is 7.32. The van der Waals surface area contributed by atoms with Crippen LogP contribution in [0.4, 0.5) is 4.39 Å². The van der Waals surface area contributed by atoms with Gasteiger partial charge >= 0.3 is 0 Å². The Bertz CT molecular complexity index is 1530. The first-order chi connectivity index (χ1) is 16.5. The molecule has 0 aliphatic rings.